The van der Waals surface area contributed by atoms with Gasteiger partial charge in [-0.15, -0.1) is 0 Å². The van der Waals surface area contributed by atoms with Crippen molar-refractivity contribution in [3.05, 3.63) is 65.7 Å². The molecule has 0 aliphatic rings. The van der Waals surface area contributed by atoms with Crippen molar-refractivity contribution in [3.63, 3.8) is 0 Å². The van der Waals surface area contributed by atoms with Crippen LogP contribution in [0.1, 0.15) is 29.8 Å². The highest BCUT2D eigenvalue weighted by molar-refractivity contribution is 6.03. The third-order valence-corrected chi connectivity index (χ3v) is 3.38. The summed E-state index contributed by atoms with van der Waals surface area (Å²) in [7, 11) is 0. The Bertz CT molecular complexity index is 684. The van der Waals surface area contributed by atoms with Crippen molar-refractivity contribution in [2.75, 3.05) is 11.9 Å². The second-order valence-corrected chi connectivity index (χ2v) is 5.79. The van der Waals surface area contributed by atoms with Crippen molar-refractivity contribution >= 4 is 17.6 Å². The average Bonchev–Trinajstić information content (AvgIpc) is 2.55. The molecule has 2 aromatic rings. The summed E-state index contributed by atoms with van der Waals surface area (Å²) in [5.74, 6) is -0.202. The SMILES string of the molecule is CC(C)NC(=O)Nc1ccccc1C(=O)NCCc1ccccc1. The maximum atomic E-state index is 12.4. The van der Waals surface area contributed by atoms with Crippen LogP contribution in [0.4, 0.5) is 10.5 Å². The van der Waals surface area contributed by atoms with Gasteiger partial charge >= 0.3 is 6.03 Å². The summed E-state index contributed by atoms with van der Waals surface area (Å²) >= 11 is 0. The van der Waals surface area contributed by atoms with Crippen molar-refractivity contribution in [1.82, 2.24) is 10.6 Å². The van der Waals surface area contributed by atoms with Gasteiger partial charge in [-0.1, -0.05) is 42.5 Å². The third kappa shape index (κ3) is 5.43. The summed E-state index contributed by atoms with van der Waals surface area (Å²) in [5.41, 5.74) is 2.11. The lowest BCUT2D eigenvalue weighted by Gasteiger charge is -2.13. The van der Waals surface area contributed by atoms with E-state index in [-0.39, 0.29) is 18.0 Å². The first-order valence-electron chi connectivity index (χ1n) is 8.05. The van der Waals surface area contributed by atoms with E-state index in [1.165, 1.54) is 5.56 Å². The summed E-state index contributed by atoms with van der Waals surface area (Å²) in [4.78, 5) is 24.2. The summed E-state index contributed by atoms with van der Waals surface area (Å²) in [6.07, 6.45) is 0.760. The first-order valence-corrected chi connectivity index (χ1v) is 8.05. The van der Waals surface area contributed by atoms with Crippen LogP contribution in [-0.2, 0) is 6.42 Å². The molecule has 0 aromatic heterocycles. The second kappa shape index (κ2) is 8.72. The summed E-state index contributed by atoms with van der Waals surface area (Å²) in [6.45, 7) is 4.29. The van der Waals surface area contributed by atoms with E-state index in [0.29, 0.717) is 17.8 Å². The smallest absolute Gasteiger partial charge is 0.319 e. The molecule has 2 aromatic carbocycles. The summed E-state index contributed by atoms with van der Waals surface area (Å²) in [5, 5.41) is 8.35. The number of anilines is 1. The van der Waals surface area contributed by atoms with Crippen LogP contribution in [0.5, 0.6) is 0 Å². The Balaban J connectivity index is 1.95. The fraction of sp³-hybridized carbons (Fsp3) is 0.263. The van der Waals surface area contributed by atoms with Crippen molar-refractivity contribution in [2.24, 2.45) is 0 Å². The van der Waals surface area contributed by atoms with Gasteiger partial charge in [0.2, 0.25) is 0 Å². The molecule has 0 aliphatic heterocycles. The van der Waals surface area contributed by atoms with E-state index in [0.717, 1.165) is 6.42 Å². The Kier molecular flexibility index (Phi) is 6.37. The van der Waals surface area contributed by atoms with Gasteiger partial charge in [0.15, 0.2) is 0 Å². The number of nitrogens with one attached hydrogen (secondary N) is 3. The number of hydrogen-bond donors (Lipinski definition) is 3. The van der Waals surface area contributed by atoms with Gasteiger partial charge in [-0.3, -0.25) is 4.79 Å². The van der Waals surface area contributed by atoms with E-state index in [4.69, 9.17) is 0 Å². The molecule has 2 rings (SSSR count). The lowest BCUT2D eigenvalue weighted by Crippen LogP contribution is -2.35. The molecule has 0 unspecified atom stereocenters. The zero-order chi connectivity index (χ0) is 17.4. The van der Waals surface area contributed by atoms with Crippen molar-refractivity contribution < 1.29 is 9.59 Å². The number of hydrogen-bond acceptors (Lipinski definition) is 2. The van der Waals surface area contributed by atoms with E-state index >= 15 is 0 Å². The zero-order valence-corrected chi connectivity index (χ0v) is 14.0. The molecule has 0 heterocycles. The highest BCUT2D eigenvalue weighted by atomic mass is 16.2. The number of carbonyl (C=O) groups is 2. The lowest BCUT2D eigenvalue weighted by molar-refractivity contribution is 0.0955. The molecular formula is C19H23N3O2. The predicted octanol–water partition coefficient (Wildman–Crippen LogP) is 3.19. The average molecular weight is 325 g/mol. The summed E-state index contributed by atoms with van der Waals surface area (Å²) in [6, 6.07) is 16.6. The van der Waals surface area contributed by atoms with E-state index in [1.54, 1.807) is 24.3 Å². The van der Waals surface area contributed by atoms with E-state index < -0.39 is 0 Å². The van der Waals surface area contributed by atoms with Gasteiger partial charge in [-0.25, -0.2) is 4.79 Å². The van der Waals surface area contributed by atoms with Crippen LogP contribution in [0.2, 0.25) is 0 Å². The summed E-state index contributed by atoms with van der Waals surface area (Å²) < 4.78 is 0. The topological polar surface area (TPSA) is 70.2 Å². The molecule has 0 fully saturated rings. The van der Waals surface area contributed by atoms with Gasteiger partial charge in [-0.2, -0.15) is 0 Å². The molecule has 0 spiro atoms. The first-order chi connectivity index (χ1) is 11.6. The van der Waals surface area contributed by atoms with E-state index in [1.807, 2.05) is 44.2 Å². The predicted molar refractivity (Wildman–Crippen MR) is 96.2 cm³/mol. The van der Waals surface area contributed by atoms with Crippen LogP contribution in [0, 0.1) is 0 Å². The van der Waals surface area contributed by atoms with Crippen LogP contribution >= 0.6 is 0 Å². The van der Waals surface area contributed by atoms with Gasteiger partial charge in [-0.05, 0) is 38.0 Å². The minimum absolute atomic E-state index is 0.0249. The number of benzene rings is 2. The zero-order valence-electron chi connectivity index (χ0n) is 14.0. The highest BCUT2D eigenvalue weighted by Crippen LogP contribution is 2.14. The molecule has 0 saturated heterocycles. The van der Waals surface area contributed by atoms with Crippen LogP contribution in [-0.4, -0.2) is 24.5 Å². The molecule has 5 heteroatoms. The molecule has 0 aliphatic carbocycles. The minimum Gasteiger partial charge on any atom is -0.352 e. The molecular weight excluding hydrogens is 302 g/mol. The Morgan fingerprint density at radius 1 is 0.958 bits per heavy atom. The number of amides is 3. The second-order valence-electron chi connectivity index (χ2n) is 5.79. The van der Waals surface area contributed by atoms with Gasteiger partial charge < -0.3 is 16.0 Å². The monoisotopic (exact) mass is 325 g/mol. The van der Waals surface area contributed by atoms with Crippen LogP contribution in [0.3, 0.4) is 0 Å². The number of carbonyl (C=O) groups excluding carboxylic acids is 2. The molecule has 0 radical (unpaired) electrons. The van der Waals surface area contributed by atoms with Gasteiger partial charge in [0.1, 0.15) is 0 Å². The molecule has 0 atom stereocenters. The largest absolute Gasteiger partial charge is 0.352 e. The lowest BCUT2D eigenvalue weighted by atomic mass is 10.1. The number of rotatable bonds is 6. The fourth-order valence-electron chi connectivity index (χ4n) is 2.27. The van der Waals surface area contributed by atoms with E-state index in [2.05, 4.69) is 16.0 Å². The fourth-order valence-corrected chi connectivity index (χ4v) is 2.27. The van der Waals surface area contributed by atoms with Gasteiger partial charge in [0, 0.05) is 12.6 Å². The van der Waals surface area contributed by atoms with Crippen LogP contribution in [0.15, 0.2) is 54.6 Å². The van der Waals surface area contributed by atoms with Gasteiger partial charge in [0.25, 0.3) is 5.91 Å². The van der Waals surface area contributed by atoms with Crippen LogP contribution < -0.4 is 16.0 Å². The Hall–Kier alpha value is -2.82. The standard InChI is InChI=1S/C19H23N3O2/c1-14(2)21-19(24)22-17-11-7-6-10-16(17)18(23)20-13-12-15-8-4-3-5-9-15/h3-11,14H,12-13H2,1-2H3,(H,20,23)(H2,21,22,24). The number of para-hydroxylation sites is 1. The normalized spacial score (nSPS) is 10.3. The highest BCUT2D eigenvalue weighted by Gasteiger charge is 2.13. The molecule has 0 bridgehead atoms. The maximum absolute atomic E-state index is 12.4. The Labute approximate surface area is 142 Å². The van der Waals surface area contributed by atoms with Gasteiger partial charge in [0.05, 0.1) is 11.3 Å². The minimum atomic E-state index is -0.325. The van der Waals surface area contributed by atoms with Crippen LogP contribution in [0.25, 0.3) is 0 Å². The maximum Gasteiger partial charge on any atom is 0.319 e. The molecule has 0 saturated carbocycles. The molecule has 126 valence electrons. The van der Waals surface area contributed by atoms with Crippen molar-refractivity contribution in [1.29, 1.82) is 0 Å². The number of urea groups is 1. The Morgan fingerprint density at radius 2 is 1.62 bits per heavy atom. The third-order valence-electron chi connectivity index (χ3n) is 3.38. The molecule has 5 nitrogen and oxygen atoms in total. The quantitative estimate of drug-likeness (QED) is 0.763. The molecule has 3 N–H and O–H groups in total. The van der Waals surface area contributed by atoms with Crippen molar-refractivity contribution in [2.45, 2.75) is 26.3 Å². The molecule has 24 heavy (non-hydrogen) atoms. The van der Waals surface area contributed by atoms with Crippen molar-refractivity contribution in [3.8, 4) is 0 Å². The Morgan fingerprint density at radius 3 is 2.33 bits per heavy atom. The molecule has 3 amide bonds. The van der Waals surface area contributed by atoms with E-state index in [9.17, 15) is 9.59 Å². The first kappa shape index (κ1) is 17.5.